The van der Waals surface area contributed by atoms with Gasteiger partial charge in [-0.3, -0.25) is 4.79 Å². The molecule has 3 aromatic carbocycles. The molecule has 0 saturated heterocycles. The van der Waals surface area contributed by atoms with Crippen LogP contribution in [0.2, 0.25) is 0 Å². The molecular weight excluding hydrogens is 708 g/mol. The fourth-order valence-corrected chi connectivity index (χ4v) is 4.44. The van der Waals surface area contributed by atoms with Crippen LogP contribution < -0.4 is 4.98 Å². The predicted octanol–water partition coefficient (Wildman–Crippen LogP) is 7.10. The Morgan fingerprint density at radius 2 is 1.62 bits per heavy atom. The number of benzene rings is 3. The van der Waals surface area contributed by atoms with Crippen LogP contribution in [0.5, 0.6) is 0 Å². The van der Waals surface area contributed by atoms with Gasteiger partial charge >= 0.3 is 0 Å². The van der Waals surface area contributed by atoms with Crippen LogP contribution in [-0.2, 0) is 20.1 Å². The van der Waals surface area contributed by atoms with Gasteiger partial charge < -0.3 is 9.97 Å². The van der Waals surface area contributed by atoms with E-state index in [1.807, 2.05) is 54.7 Å². The second-order valence-electron chi connectivity index (χ2n) is 6.67. The Kier molecular flexibility index (Phi) is 8.71. The van der Waals surface area contributed by atoms with Crippen molar-refractivity contribution in [1.82, 2.24) is 9.97 Å². The number of aromatic nitrogens is 2. The fourth-order valence-electron chi connectivity index (χ4n) is 3.14. The summed E-state index contributed by atoms with van der Waals surface area (Å²) in [6.45, 7) is 0. The molecule has 0 aliphatic rings. The van der Waals surface area contributed by atoms with E-state index in [1.165, 1.54) is 10.8 Å². The normalized spacial score (nSPS) is 10.1. The maximum absolute atomic E-state index is 11.9. The quantitative estimate of drug-likeness (QED) is 0.148. The topological polar surface area (TPSA) is 44.1 Å². The van der Waals surface area contributed by atoms with Crippen molar-refractivity contribution in [2.75, 3.05) is 0 Å². The predicted molar refractivity (Wildman–Crippen MR) is 131 cm³/mol. The summed E-state index contributed by atoms with van der Waals surface area (Å²) in [5.74, 6) is -0.0676. The number of nitrogens with zero attached hydrogens (tertiary/aromatic N) is 2. The third-order valence-corrected chi connectivity index (χ3v) is 5.46. The van der Waals surface area contributed by atoms with E-state index in [2.05, 4.69) is 60.0 Å². The number of halogens is 2. The first-order valence-electron chi connectivity index (χ1n) is 9.51. The van der Waals surface area contributed by atoms with Crippen molar-refractivity contribution in [2.45, 2.75) is 0 Å². The Morgan fingerprint density at radius 1 is 0.875 bits per heavy atom. The van der Waals surface area contributed by atoms with Crippen molar-refractivity contribution in [1.29, 1.82) is 0 Å². The molecule has 5 rings (SSSR count). The van der Waals surface area contributed by atoms with Crippen molar-refractivity contribution in [3.8, 4) is 11.3 Å². The third kappa shape index (κ3) is 5.90. The van der Waals surface area contributed by atoms with Gasteiger partial charge in [0.2, 0.25) is 0 Å². The number of hydrogen-bond acceptors (Lipinski definition) is 2. The largest absolute Gasteiger partial charge is 0.661 e. The van der Waals surface area contributed by atoms with Crippen LogP contribution in [-0.4, -0.2) is 10.8 Å². The molecule has 0 aliphatic carbocycles. The number of carbonyl (C=O) groups excluding carboxylic acids is 1. The molecule has 0 aliphatic heterocycles. The minimum atomic E-state index is -0.0676. The summed E-state index contributed by atoms with van der Waals surface area (Å²) in [4.78, 5) is 20.3. The van der Waals surface area contributed by atoms with Crippen molar-refractivity contribution < 1.29 is 24.9 Å². The molecule has 161 valence electrons. The molecular formula is C26H16Br2IrN2O-2. The van der Waals surface area contributed by atoms with E-state index in [0.29, 0.717) is 11.3 Å². The summed E-state index contributed by atoms with van der Waals surface area (Å²) in [5.41, 5.74) is 3.13. The molecule has 5 aromatic rings. The number of hydrogen-bond donors (Lipinski definition) is 0. The Labute approximate surface area is 216 Å². The van der Waals surface area contributed by atoms with Gasteiger partial charge in [0.25, 0.3) is 0 Å². The van der Waals surface area contributed by atoms with E-state index < -0.39 is 0 Å². The number of carbonyl (C=O) groups is 1. The number of ketones is 1. The minimum absolute atomic E-state index is 0. The van der Waals surface area contributed by atoms with Crippen LogP contribution in [0.25, 0.3) is 22.0 Å². The van der Waals surface area contributed by atoms with Gasteiger partial charge in [-0.25, -0.2) is 0 Å². The van der Waals surface area contributed by atoms with Gasteiger partial charge in [0.15, 0.2) is 5.78 Å². The van der Waals surface area contributed by atoms with E-state index in [0.717, 1.165) is 20.2 Å². The Hall–Kier alpha value is -2.37. The Balaban J connectivity index is 0.000000176. The fraction of sp³-hybridized carbons (Fsp3) is 0. The first kappa shape index (κ1) is 24.3. The van der Waals surface area contributed by atoms with E-state index in [4.69, 9.17) is 0 Å². The molecule has 0 atom stereocenters. The van der Waals surface area contributed by atoms with Crippen LogP contribution in [0, 0.1) is 6.07 Å². The molecule has 32 heavy (non-hydrogen) atoms. The average Bonchev–Trinajstić information content (AvgIpc) is 3.34. The molecule has 2 aromatic heterocycles. The third-order valence-electron chi connectivity index (χ3n) is 4.55. The summed E-state index contributed by atoms with van der Waals surface area (Å²) < 4.78 is 1.73. The van der Waals surface area contributed by atoms with Crippen molar-refractivity contribution >= 4 is 48.4 Å². The van der Waals surface area contributed by atoms with Gasteiger partial charge in [0.1, 0.15) is 0 Å². The van der Waals surface area contributed by atoms with Gasteiger partial charge in [-0.2, -0.15) is 6.20 Å². The Bertz CT molecular complexity index is 1300. The number of rotatable bonds is 3. The zero-order valence-electron chi connectivity index (χ0n) is 16.6. The first-order valence-corrected chi connectivity index (χ1v) is 11.1. The van der Waals surface area contributed by atoms with Gasteiger partial charge in [-0.15, -0.1) is 35.9 Å². The molecule has 0 unspecified atom stereocenters. The maximum atomic E-state index is 11.9. The zero-order chi connectivity index (χ0) is 21.6. The van der Waals surface area contributed by atoms with E-state index in [9.17, 15) is 4.79 Å². The summed E-state index contributed by atoms with van der Waals surface area (Å²) >= 11 is 6.68. The standard InChI is InChI=1S/C15H10N.C11H7Br2NO.Ir/c1-2-7-13(8-3-1)15-14-9-5-4-6-12(14)10-11-16-15;12-8-4-7(5-9(13)6-8)11(15)10-2-1-3-14-10;/h1-7,9-11H;1-6H,(H,14,15);/q-1;;/p-1. The monoisotopic (exact) mass is 723 g/mol. The number of pyridine rings is 1. The van der Waals surface area contributed by atoms with Crippen LogP contribution in [0.4, 0.5) is 0 Å². The van der Waals surface area contributed by atoms with Gasteiger partial charge in [-0.1, -0.05) is 74.0 Å². The summed E-state index contributed by atoms with van der Waals surface area (Å²) in [6.07, 6.45) is 3.46. The summed E-state index contributed by atoms with van der Waals surface area (Å²) in [7, 11) is 0. The summed E-state index contributed by atoms with van der Waals surface area (Å²) in [6, 6.07) is 30.3. The van der Waals surface area contributed by atoms with E-state index in [-0.39, 0.29) is 25.9 Å². The maximum Gasteiger partial charge on any atom is 0.171 e. The molecule has 3 nitrogen and oxygen atoms in total. The van der Waals surface area contributed by atoms with E-state index in [1.54, 1.807) is 30.5 Å². The van der Waals surface area contributed by atoms with Crippen molar-refractivity contribution in [3.63, 3.8) is 0 Å². The van der Waals surface area contributed by atoms with Crippen LogP contribution in [0.1, 0.15) is 16.1 Å². The van der Waals surface area contributed by atoms with Crippen LogP contribution in [0.15, 0.2) is 106 Å². The Morgan fingerprint density at radius 3 is 2.31 bits per heavy atom. The van der Waals surface area contributed by atoms with Crippen LogP contribution >= 0.6 is 31.9 Å². The molecule has 6 heteroatoms. The second kappa shape index (κ2) is 11.5. The van der Waals surface area contributed by atoms with E-state index >= 15 is 0 Å². The second-order valence-corrected chi connectivity index (χ2v) is 8.50. The molecule has 0 amide bonds. The molecule has 1 radical (unpaired) electrons. The SMILES string of the molecule is O=C(c1cc(Br)cc(Br)c1)c1ccc[n-]1.[Ir].[c-]1ccccc1-c1nccc2ccccc12. The molecule has 0 spiro atoms. The molecule has 0 fully saturated rings. The average molecular weight is 724 g/mol. The van der Waals surface area contributed by atoms with Gasteiger partial charge in [-0.05, 0) is 40.7 Å². The van der Waals surface area contributed by atoms with Crippen molar-refractivity contribution in [2.24, 2.45) is 0 Å². The summed E-state index contributed by atoms with van der Waals surface area (Å²) in [5, 5.41) is 2.39. The van der Waals surface area contributed by atoms with Gasteiger partial charge in [0, 0.05) is 40.8 Å². The number of fused-ring (bicyclic) bond motifs is 1. The first-order chi connectivity index (χ1) is 15.1. The van der Waals surface area contributed by atoms with Crippen LogP contribution in [0.3, 0.4) is 0 Å². The molecule has 0 N–H and O–H groups in total. The molecule has 2 heterocycles. The smallest absolute Gasteiger partial charge is 0.171 e. The molecule has 0 bridgehead atoms. The van der Waals surface area contributed by atoms with Gasteiger partial charge in [0.05, 0.1) is 0 Å². The zero-order valence-corrected chi connectivity index (χ0v) is 22.2. The van der Waals surface area contributed by atoms with Crippen molar-refractivity contribution in [3.05, 3.63) is 124 Å². The minimum Gasteiger partial charge on any atom is -0.661 e. The molecule has 0 saturated carbocycles.